The smallest absolute Gasteiger partial charge is 0.262 e. The van der Waals surface area contributed by atoms with Gasteiger partial charge in [-0.3, -0.25) is 9.59 Å². The third-order valence-electron chi connectivity index (χ3n) is 7.29. The van der Waals surface area contributed by atoms with Crippen LogP contribution in [-0.4, -0.2) is 50.3 Å². The molecule has 0 aliphatic carbocycles. The Kier molecular flexibility index (Phi) is 9.63. The second kappa shape index (κ2) is 13.6. The van der Waals surface area contributed by atoms with Gasteiger partial charge in [-0.15, -0.1) is 0 Å². The molecule has 4 aromatic carbocycles. The highest BCUT2D eigenvalue weighted by Gasteiger charge is 2.36. The van der Waals surface area contributed by atoms with Crippen molar-refractivity contribution in [1.29, 1.82) is 0 Å². The molecule has 1 aliphatic rings. The lowest BCUT2D eigenvalue weighted by atomic mass is 10.1. The molecule has 1 atom stereocenters. The Labute approximate surface area is 261 Å². The summed E-state index contributed by atoms with van der Waals surface area (Å²) in [6.07, 6.45) is -0.420. The Balaban J connectivity index is 1.40. The standard InChI is InChI=1S/C33H31ClFN3O5S/c1-23-14-16-25(17-15-23)44(41,42)37(20-26-27(34)10-7-11-28(26)35)22-32(39)38-21-31(43-30-13-6-5-12-29(30)38)33(40)36-19-18-24-8-3-2-4-9-24/h2-17,31H,18-22H2,1H3,(H,36,40)/t31-/m1/s1. The normalized spacial score (nSPS) is 14.5. The fourth-order valence-corrected chi connectivity index (χ4v) is 6.46. The van der Waals surface area contributed by atoms with E-state index in [9.17, 15) is 22.4 Å². The quantitative estimate of drug-likeness (QED) is 0.261. The van der Waals surface area contributed by atoms with E-state index in [4.69, 9.17) is 16.3 Å². The third kappa shape index (κ3) is 7.10. The highest BCUT2D eigenvalue weighted by atomic mass is 35.5. The number of nitrogens with one attached hydrogen (secondary N) is 1. The summed E-state index contributed by atoms with van der Waals surface area (Å²) in [6, 6.07) is 26.6. The first-order valence-electron chi connectivity index (χ1n) is 14.0. The number of hydrogen-bond donors (Lipinski definition) is 1. The van der Waals surface area contributed by atoms with Crippen molar-refractivity contribution in [1.82, 2.24) is 9.62 Å². The summed E-state index contributed by atoms with van der Waals surface area (Å²) in [5, 5.41) is 2.90. The zero-order valence-electron chi connectivity index (χ0n) is 24.0. The molecule has 0 fully saturated rings. The Morgan fingerprint density at radius 1 is 0.977 bits per heavy atom. The van der Waals surface area contributed by atoms with Gasteiger partial charge >= 0.3 is 0 Å². The van der Waals surface area contributed by atoms with Crippen molar-refractivity contribution >= 4 is 39.1 Å². The lowest BCUT2D eigenvalue weighted by Gasteiger charge is -2.35. The zero-order valence-corrected chi connectivity index (χ0v) is 25.5. The summed E-state index contributed by atoms with van der Waals surface area (Å²) in [6.45, 7) is 0.914. The van der Waals surface area contributed by atoms with Crippen molar-refractivity contribution in [3.05, 3.63) is 125 Å². The van der Waals surface area contributed by atoms with E-state index < -0.39 is 46.8 Å². The number of halogens is 2. The predicted octanol–water partition coefficient (Wildman–Crippen LogP) is 5.13. The number of benzene rings is 4. The SMILES string of the molecule is Cc1ccc(S(=O)(=O)N(CC(=O)N2C[C@H](C(=O)NCCc3ccccc3)Oc3ccccc32)Cc2c(F)cccc2Cl)cc1. The van der Waals surface area contributed by atoms with Crippen LogP contribution in [0.5, 0.6) is 5.75 Å². The van der Waals surface area contributed by atoms with Gasteiger partial charge in [-0.1, -0.05) is 77.8 Å². The average molecular weight is 636 g/mol. The number of carbonyl (C=O) groups excluding carboxylic acids is 2. The zero-order chi connectivity index (χ0) is 31.3. The molecule has 0 aromatic heterocycles. The van der Waals surface area contributed by atoms with Gasteiger partial charge in [-0.25, -0.2) is 12.8 Å². The van der Waals surface area contributed by atoms with Crippen molar-refractivity contribution in [3.63, 3.8) is 0 Å². The molecule has 0 saturated carbocycles. The summed E-state index contributed by atoms with van der Waals surface area (Å²) < 4.78 is 49.4. The van der Waals surface area contributed by atoms with Crippen molar-refractivity contribution in [2.75, 3.05) is 24.5 Å². The summed E-state index contributed by atoms with van der Waals surface area (Å²) in [4.78, 5) is 28.4. The average Bonchev–Trinajstić information content (AvgIpc) is 3.02. The van der Waals surface area contributed by atoms with Gasteiger partial charge in [-0.2, -0.15) is 4.31 Å². The summed E-state index contributed by atoms with van der Waals surface area (Å²) in [7, 11) is -4.28. The minimum atomic E-state index is -4.28. The van der Waals surface area contributed by atoms with Gasteiger partial charge in [0.25, 0.3) is 5.91 Å². The highest BCUT2D eigenvalue weighted by molar-refractivity contribution is 7.89. The van der Waals surface area contributed by atoms with Crippen LogP contribution in [0, 0.1) is 12.7 Å². The molecule has 44 heavy (non-hydrogen) atoms. The van der Waals surface area contributed by atoms with Crippen molar-refractivity contribution in [3.8, 4) is 5.75 Å². The number of amides is 2. The van der Waals surface area contributed by atoms with Crippen molar-refractivity contribution in [2.24, 2.45) is 0 Å². The van der Waals surface area contributed by atoms with Crippen LogP contribution in [0.2, 0.25) is 5.02 Å². The van der Waals surface area contributed by atoms with Crippen molar-refractivity contribution < 1.29 is 27.1 Å². The number of sulfonamides is 1. The topological polar surface area (TPSA) is 96.0 Å². The highest BCUT2D eigenvalue weighted by Crippen LogP contribution is 2.34. The molecule has 1 aliphatic heterocycles. The van der Waals surface area contributed by atoms with Crippen LogP contribution in [0.15, 0.2) is 102 Å². The van der Waals surface area contributed by atoms with E-state index in [1.807, 2.05) is 37.3 Å². The molecule has 8 nitrogen and oxygen atoms in total. The number of rotatable bonds is 10. The fraction of sp³-hybridized carbons (Fsp3) is 0.212. The van der Waals surface area contributed by atoms with Gasteiger partial charge in [0.15, 0.2) is 6.10 Å². The first kappa shape index (κ1) is 31.2. The van der Waals surface area contributed by atoms with E-state index in [0.717, 1.165) is 15.4 Å². The van der Waals surface area contributed by atoms with Crippen molar-refractivity contribution in [2.45, 2.75) is 30.9 Å². The maximum Gasteiger partial charge on any atom is 0.262 e. The molecular weight excluding hydrogens is 605 g/mol. The lowest BCUT2D eigenvalue weighted by molar-refractivity contribution is -0.128. The first-order valence-corrected chi connectivity index (χ1v) is 15.8. The summed E-state index contributed by atoms with van der Waals surface area (Å²) >= 11 is 6.26. The maximum atomic E-state index is 14.8. The Hall–Kier alpha value is -4.25. The summed E-state index contributed by atoms with van der Waals surface area (Å²) in [5.41, 5.74) is 2.24. The Bertz CT molecular complexity index is 1730. The molecule has 0 bridgehead atoms. The number of para-hydroxylation sites is 2. The van der Waals surface area contributed by atoms with Crippen LogP contribution in [0.4, 0.5) is 10.1 Å². The van der Waals surface area contributed by atoms with Crippen LogP contribution in [0.25, 0.3) is 0 Å². The summed E-state index contributed by atoms with van der Waals surface area (Å²) in [5.74, 6) is -1.42. The van der Waals surface area contributed by atoms with Gasteiger partial charge in [0, 0.05) is 23.7 Å². The second-order valence-electron chi connectivity index (χ2n) is 10.4. The molecule has 0 saturated heterocycles. The molecule has 5 rings (SSSR count). The van der Waals surface area contributed by atoms with E-state index in [-0.39, 0.29) is 22.0 Å². The third-order valence-corrected chi connectivity index (χ3v) is 9.45. The molecule has 0 radical (unpaired) electrons. The van der Waals surface area contributed by atoms with E-state index >= 15 is 0 Å². The number of carbonyl (C=O) groups is 2. The second-order valence-corrected chi connectivity index (χ2v) is 12.7. The number of anilines is 1. The minimum absolute atomic E-state index is 0.0329. The number of fused-ring (bicyclic) bond motifs is 1. The van der Waals surface area contributed by atoms with E-state index in [0.29, 0.717) is 24.4 Å². The predicted molar refractivity (Wildman–Crippen MR) is 167 cm³/mol. The van der Waals surface area contributed by atoms with Crippen LogP contribution < -0.4 is 15.0 Å². The van der Waals surface area contributed by atoms with Gasteiger partial charge in [0.1, 0.15) is 11.6 Å². The van der Waals surface area contributed by atoms with Gasteiger partial charge < -0.3 is 15.0 Å². The molecule has 0 unspecified atom stereocenters. The molecule has 1 N–H and O–H groups in total. The Morgan fingerprint density at radius 2 is 1.68 bits per heavy atom. The van der Waals surface area contributed by atoms with Crippen LogP contribution in [0.3, 0.4) is 0 Å². The molecule has 0 spiro atoms. The van der Waals surface area contributed by atoms with Gasteiger partial charge in [0.2, 0.25) is 15.9 Å². The molecular formula is C33H31ClFN3O5S. The van der Waals surface area contributed by atoms with E-state index in [2.05, 4.69) is 5.32 Å². The largest absolute Gasteiger partial charge is 0.477 e. The van der Waals surface area contributed by atoms with Gasteiger partial charge in [-0.05, 0) is 55.3 Å². The molecule has 11 heteroatoms. The number of nitrogens with zero attached hydrogens (tertiary/aromatic N) is 2. The maximum absolute atomic E-state index is 14.8. The first-order chi connectivity index (χ1) is 21.1. The number of ether oxygens (including phenoxy) is 1. The van der Waals surface area contributed by atoms with Crippen LogP contribution in [-0.2, 0) is 32.6 Å². The van der Waals surface area contributed by atoms with E-state index in [1.165, 1.54) is 35.2 Å². The number of aryl methyl sites for hydroxylation is 1. The van der Waals surface area contributed by atoms with E-state index in [1.54, 1.807) is 36.4 Å². The fourth-order valence-electron chi connectivity index (χ4n) is 4.88. The molecule has 2 amide bonds. The Morgan fingerprint density at radius 3 is 2.41 bits per heavy atom. The lowest BCUT2D eigenvalue weighted by Crippen LogP contribution is -2.53. The van der Waals surface area contributed by atoms with Crippen LogP contribution >= 0.6 is 11.6 Å². The molecule has 4 aromatic rings. The molecule has 1 heterocycles. The van der Waals surface area contributed by atoms with Gasteiger partial charge in [0.05, 0.1) is 23.7 Å². The molecule has 228 valence electrons. The van der Waals surface area contributed by atoms with Crippen LogP contribution in [0.1, 0.15) is 16.7 Å². The number of hydrogen-bond acceptors (Lipinski definition) is 5. The monoisotopic (exact) mass is 635 g/mol. The minimum Gasteiger partial charge on any atom is -0.477 e.